The summed E-state index contributed by atoms with van der Waals surface area (Å²) in [5.74, 6) is -1.90. The van der Waals surface area contributed by atoms with E-state index in [4.69, 9.17) is 29.4 Å². The SMILES string of the molecule is CN(C)c1ccc2c(-c3ccc(C(=O)NCCNC(=O)O[C@@H]4[C@H](O)[C@@H](COP(=O)(O)OP(=O)(O)NP(=O)(O)O)O[C@H]4n4cnc5c(=O)[nH]c(N)nc54)cc3C(=O)O)c3ccc(=[N+](C)C)cc-3oc2c1. The zero-order valence-electron chi connectivity index (χ0n) is 36.4. The van der Waals surface area contributed by atoms with Gasteiger partial charge >= 0.3 is 35.4 Å². The van der Waals surface area contributed by atoms with Crippen molar-refractivity contribution in [1.29, 1.82) is 0 Å². The highest BCUT2D eigenvalue weighted by Gasteiger charge is 2.49. The number of amides is 2. The van der Waals surface area contributed by atoms with E-state index in [0.29, 0.717) is 33.4 Å². The number of nitrogens with one attached hydrogen (secondary N) is 4. The van der Waals surface area contributed by atoms with Crippen LogP contribution in [0.5, 0.6) is 0 Å². The Morgan fingerprint density at radius 2 is 1.70 bits per heavy atom. The van der Waals surface area contributed by atoms with Crippen LogP contribution in [0.2, 0.25) is 0 Å². The third kappa shape index (κ3) is 11.4. The minimum atomic E-state index is -5.66. The minimum Gasteiger partial charge on any atom is -0.478 e. The molecule has 7 rings (SSSR count). The van der Waals surface area contributed by atoms with Crippen LogP contribution in [0.1, 0.15) is 26.9 Å². The van der Waals surface area contributed by atoms with Crippen molar-refractivity contribution in [3.05, 3.63) is 87.8 Å². The number of hydrogen-bond donors (Lipinski definition) is 11. The number of carboxylic acids is 1. The number of phosphoric ester groups is 1. The fourth-order valence-corrected chi connectivity index (χ4v) is 10.7. The van der Waals surface area contributed by atoms with Crippen LogP contribution < -0.4 is 41.6 Å². The second-order valence-electron chi connectivity index (χ2n) is 15.6. The van der Waals surface area contributed by atoms with Crippen molar-refractivity contribution >= 4 is 75.1 Å². The fraction of sp³-hybridized carbons (Fsp3) is 0.289. The van der Waals surface area contributed by atoms with Gasteiger partial charge in [-0.15, -0.1) is 4.86 Å². The van der Waals surface area contributed by atoms with Gasteiger partial charge in [0.05, 0.1) is 24.6 Å². The summed E-state index contributed by atoms with van der Waals surface area (Å²) < 4.78 is 64.6. The molecule has 0 radical (unpaired) electrons. The van der Waals surface area contributed by atoms with Crippen LogP contribution in [0.25, 0.3) is 44.6 Å². The molecule has 4 aromatic rings. The zero-order chi connectivity index (χ0) is 50.3. The maximum atomic E-state index is 13.4. The van der Waals surface area contributed by atoms with Crippen LogP contribution in [0, 0.1) is 0 Å². The molecule has 3 aliphatic rings. The van der Waals surface area contributed by atoms with Gasteiger partial charge in [-0.25, -0.2) is 32.8 Å². The van der Waals surface area contributed by atoms with Gasteiger partial charge in [0, 0.05) is 67.1 Å². The summed E-state index contributed by atoms with van der Waals surface area (Å²) in [5.41, 5.74) is 7.04. The van der Waals surface area contributed by atoms with Crippen LogP contribution in [0.3, 0.4) is 0 Å². The third-order valence-corrected chi connectivity index (χ3v) is 14.6. The number of H-pyrrole nitrogens is 1. The molecule has 0 saturated carbocycles. The lowest BCUT2D eigenvalue weighted by molar-refractivity contribution is -0.0521. The van der Waals surface area contributed by atoms with E-state index in [1.165, 1.54) is 18.2 Å². The highest BCUT2D eigenvalue weighted by molar-refractivity contribution is 7.70. The van der Waals surface area contributed by atoms with E-state index >= 15 is 0 Å². The summed E-state index contributed by atoms with van der Waals surface area (Å²) in [7, 11) is -9.28. The number of aliphatic hydroxyl groups is 1. The number of aromatic amines is 1. The molecule has 0 bridgehead atoms. The number of rotatable bonds is 16. The number of aromatic nitrogens is 4. The number of benzene rings is 3. The number of hydrogen-bond acceptors (Lipinski definition) is 17. The summed E-state index contributed by atoms with van der Waals surface area (Å²) in [4.78, 5) is 102. The molecule has 2 aromatic heterocycles. The second-order valence-corrected chi connectivity index (χ2v) is 20.4. The number of phosphoric acid groups is 1. The Labute approximate surface area is 387 Å². The molecule has 31 heteroatoms. The first kappa shape index (κ1) is 50.5. The molecule has 69 heavy (non-hydrogen) atoms. The molecule has 1 saturated heterocycles. The Morgan fingerprint density at radius 1 is 0.986 bits per heavy atom. The molecule has 1 aliphatic carbocycles. The van der Waals surface area contributed by atoms with Gasteiger partial charge in [0.1, 0.15) is 37.6 Å². The van der Waals surface area contributed by atoms with Gasteiger partial charge in [-0.05, 0) is 35.9 Å². The van der Waals surface area contributed by atoms with Gasteiger partial charge in [-0.2, -0.15) is 9.29 Å². The Kier molecular flexibility index (Phi) is 14.3. The topological polar surface area (TPSA) is 406 Å². The highest BCUT2D eigenvalue weighted by atomic mass is 31.3. The Hall–Kier alpha value is -6.38. The van der Waals surface area contributed by atoms with Gasteiger partial charge in [-0.1, -0.05) is 6.07 Å². The monoisotopic (exact) mass is 1020 g/mol. The lowest BCUT2D eigenvalue weighted by atomic mass is 9.89. The van der Waals surface area contributed by atoms with Crippen molar-refractivity contribution < 1.29 is 80.6 Å². The number of aromatic carboxylic acids is 1. The van der Waals surface area contributed by atoms with Crippen molar-refractivity contribution in [1.82, 2.24) is 39.6 Å². The van der Waals surface area contributed by atoms with Crippen molar-refractivity contribution in [2.45, 2.75) is 24.5 Å². The molecular weight excluding hydrogens is 977 g/mol. The first-order valence-electron chi connectivity index (χ1n) is 20.0. The Morgan fingerprint density at radius 3 is 2.38 bits per heavy atom. The largest absolute Gasteiger partial charge is 0.480 e. The number of ether oxygens (including phenoxy) is 2. The number of nitrogens with zero attached hydrogens (tertiary/aromatic N) is 5. The molecule has 4 heterocycles. The fourth-order valence-electron chi connectivity index (χ4n) is 7.25. The number of nitrogens with two attached hydrogens (primary N) is 1. The number of imidazole rings is 1. The quantitative estimate of drug-likeness (QED) is 0.0275. The summed E-state index contributed by atoms with van der Waals surface area (Å²) in [6.45, 7) is -1.69. The Bertz CT molecular complexity index is 3260. The number of carbonyl (C=O) groups excluding carboxylic acids is 2. The van der Waals surface area contributed by atoms with E-state index < -0.39 is 78.0 Å². The van der Waals surface area contributed by atoms with Crippen LogP contribution >= 0.6 is 23.3 Å². The van der Waals surface area contributed by atoms with Crippen molar-refractivity contribution in [2.24, 2.45) is 0 Å². The predicted molar refractivity (Wildman–Crippen MR) is 242 cm³/mol. The summed E-state index contributed by atoms with van der Waals surface area (Å²) in [6.07, 6.45) is -7.29. The summed E-state index contributed by atoms with van der Waals surface area (Å²) >= 11 is 0. The van der Waals surface area contributed by atoms with E-state index in [-0.39, 0.29) is 41.3 Å². The minimum absolute atomic E-state index is 0.0293. The van der Waals surface area contributed by atoms with Gasteiger partial charge in [-0.3, -0.25) is 23.7 Å². The van der Waals surface area contributed by atoms with Crippen molar-refractivity contribution in [2.75, 3.05) is 58.5 Å². The number of aliphatic hydroxyl groups excluding tert-OH is 1. The van der Waals surface area contributed by atoms with Gasteiger partial charge in [0.15, 0.2) is 23.5 Å². The molecular formula is C38H44N10O18P3+. The zero-order valence-corrected chi connectivity index (χ0v) is 39.1. The maximum Gasteiger partial charge on any atom is 0.480 e. The summed E-state index contributed by atoms with van der Waals surface area (Å²) in [5, 5.41) is 28.1. The van der Waals surface area contributed by atoms with E-state index in [9.17, 15) is 52.9 Å². The van der Waals surface area contributed by atoms with Crippen molar-refractivity contribution in [3.63, 3.8) is 0 Å². The number of carboxylic acid groups (broad SMARTS) is 1. The normalized spacial score (nSPS) is 19.0. The number of carbonyl (C=O) groups is 3. The van der Waals surface area contributed by atoms with Crippen LogP contribution in [-0.4, -0.2) is 133 Å². The Balaban J connectivity index is 1.06. The van der Waals surface area contributed by atoms with E-state index in [1.54, 1.807) is 0 Å². The molecule has 6 atom stereocenters. The molecule has 12 N–H and O–H groups in total. The number of fused-ring (bicyclic) bond motifs is 3. The second kappa shape index (κ2) is 19.6. The van der Waals surface area contributed by atoms with Crippen LogP contribution in [0.15, 0.2) is 70.1 Å². The molecule has 2 aliphatic heterocycles. The summed E-state index contributed by atoms with van der Waals surface area (Å²) in [6, 6.07) is 15.3. The number of alkyl carbamates (subject to hydrolysis) is 1. The average molecular weight is 1020 g/mol. The molecule has 1 fully saturated rings. The van der Waals surface area contributed by atoms with Crippen LogP contribution in [-0.2, 0) is 32.0 Å². The molecule has 28 nitrogen and oxygen atoms in total. The lowest BCUT2D eigenvalue weighted by Crippen LogP contribution is -2.41. The standard InChI is InChI=1S/C38H43N10O18P3/c1-46(2)19-6-9-22-25(14-19)63-26-15-20(47(3)4)7-10-23(26)28(22)21-8-5-18(13-24(21)36(52)53)33(50)40-11-12-41-38(54)65-31-30(49)27(16-62-69(60,61)66-68(58,59)45-67(55,56)57)64-35(31)48-17-42-29-32(48)43-37(39)44-34(29)51/h5-10,13-15,17,27,30-31,35,49H,11-12,16H2,1-4H3,(H10-,39,40,41,43,44,45,50,51,52,53,54,55,56,57,58,59,60,61)/p+1/t27-,30-,31-,35-/m1/s1. The van der Waals surface area contributed by atoms with Crippen LogP contribution in [0.4, 0.5) is 16.4 Å². The van der Waals surface area contributed by atoms with Crippen molar-refractivity contribution in [3.8, 4) is 22.5 Å². The lowest BCUT2D eigenvalue weighted by Gasteiger charge is -2.22. The molecule has 2 aromatic carbocycles. The molecule has 2 unspecified atom stereocenters. The average Bonchev–Trinajstić information content (AvgIpc) is 3.81. The van der Waals surface area contributed by atoms with Gasteiger partial charge in [0.25, 0.3) is 11.5 Å². The molecule has 368 valence electrons. The van der Waals surface area contributed by atoms with Gasteiger partial charge in [0.2, 0.25) is 11.3 Å². The molecule has 0 spiro atoms. The van der Waals surface area contributed by atoms with E-state index in [1.807, 2.05) is 74.1 Å². The van der Waals surface area contributed by atoms with Gasteiger partial charge < -0.3 is 64.9 Å². The smallest absolute Gasteiger partial charge is 0.478 e. The molecule has 2 amide bonds. The number of anilines is 2. The first-order chi connectivity index (χ1) is 32.3. The predicted octanol–water partition coefficient (Wildman–Crippen LogP) is 0.715. The van der Waals surface area contributed by atoms with E-state index in [2.05, 4.69) is 34.4 Å². The number of nitrogen functional groups attached to an aromatic ring is 1. The highest BCUT2D eigenvalue weighted by Crippen LogP contribution is 2.61. The first-order valence-corrected chi connectivity index (χ1v) is 24.7. The maximum absolute atomic E-state index is 13.4. The van der Waals surface area contributed by atoms with E-state index in [0.717, 1.165) is 26.8 Å². The third-order valence-electron chi connectivity index (χ3n) is 10.3.